The van der Waals surface area contributed by atoms with Gasteiger partial charge in [0, 0.05) is 31.7 Å². The summed E-state index contributed by atoms with van der Waals surface area (Å²) in [6, 6.07) is 15.8. The number of amides is 3. The molecule has 0 bridgehead atoms. The molecule has 27 heavy (non-hydrogen) atoms. The van der Waals surface area contributed by atoms with Gasteiger partial charge in [-0.15, -0.1) is 0 Å². The zero-order chi connectivity index (χ0) is 19.2. The van der Waals surface area contributed by atoms with Crippen molar-refractivity contribution in [2.45, 2.75) is 39.3 Å². The van der Waals surface area contributed by atoms with E-state index in [4.69, 9.17) is 0 Å². The molecule has 0 aliphatic heterocycles. The highest BCUT2D eigenvalue weighted by Gasteiger charge is 2.29. The summed E-state index contributed by atoms with van der Waals surface area (Å²) in [4.78, 5) is 25.9. The van der Waals surface area contributed by atoms with Gasteiger partial charge in [-0.1, -0.05) is 43.3 Å². The van der Waals surface area contributed by atoms with Gasteiger partial charge in [-0.25, -0.2) is 4.79 Å². The van der Waals surface area contributed by atoms with Crippen LogP contribution in [0.2, 0.25) is 0 Å². The first-order valence-corrected chi connectivity index (χ1v) is 9.51. The van der Waals surface area contributed by atoms with Crippen molar-refractivity contribution >= 4 is 17.6 Å². The number of carbonyl (C=O) groups is 2. The lowest BCUT2D eigenvalue weighted by Crippen LogP contribution is -2.36. The van der Waals surface area contributed by atoms with Gasteiger partial charge in [-0.3, -0.25) is 4.79 Å². The molecule has 0 saturated heterocycles. The van der Waals surface area contributed by atoms with Gasteiger partial charge in [0.1, 0.15) is 0 Å². The summed E-state index contributed by atoms with van der Waals surface area (Å²) in [6.07, 6.45) is 2.97. The summed E-state index contributed by atoms with van der Waals surface area (Å²) in [7, 11) is 1.79. The number of aryl methyl sites for hydroxylation is 1. The summed E-state index contributed by atoms with van der Waals surface area (Å²) in [6.45, 7) is 3.11. The number of benzene rings is 2. The normalized spacial score (nSPS) is 13.1. The number of hydrogen-bond donors (Lipinski definition) is 2. The predicted molar refractivity (Wildman–Crippen MR) is 107 cm³/mol. The molecule has 0 aromatic heterocycles. The molecule has 1 aliphatic rings. The van der Waals surface area contributed by atoms with Crippen LogP contribution in [0, 0.1) is 5.92 Å². The number of anilines is 1. The molecule has 2 N–H and O–H groups in total. The molecule has 5 nitrogen and oxygen atoms in total. The van der Waals surface area contributed by atoms with E-state index in [2.05, 4.69) is 41.8 Å². The van der Waals surface area contributed by atoms with E-state index in [1.807, 2.05) is 24.3 Å². The number of carbonyl (C=O) groups excluding carboxylic acids is 2. The summed E-state index contributed by atoms with van der Waals surface area (Å²) in [5, 5.41) is 5.87. The second-order valence-electron chi connectivity index (χ2n) is 7.15. The summed E-state index contributed by atoms with van der Waals surface area (Å²) < 4.78 is 0. The lowest BCUT2D eigenvalue weighted by atomic mass is 10.1. The smallest absolute Gasteiger partial charge is 0.317 e. The summed E-state index contributed by atoms with van der Waals surface area (Å²) >= 11 is 0. The summed E-state index contributed by atoms with van der Waals surface area (Å²) in [5.41, 5.74) is 4.13. The molecule has 1 saturated carbocycles. The third-order valence-corrected chi connectivity index (χ3v) is 4.78. The van der Waals surface area contributed by atoms with E-state index in [0.717, 1.165) is 36.1 Å². The van der Waals surface area contributed by atoms with Gasteiger partial charge in [0.2, 0.25) is 5.91 Å². The van der Waals surface area contributed by atoms with Crippen molar-refractivity contribution in [3.05, 3.63) is 65.2 Å². The third-order valence-electron chi connectivity index (χ3n) is 4.78. The van der Waals surface area contributed by atoms with Crippen molar-refractivity contribution in [1.29, 1.82) is 0 Å². The fraction of sp³-hybridized carbons (Fsp3) is 0.364. The largest absolute Gasteiger partial charge is 0.334 e. The van der Waals surface area contributed by atoms with E-state index >= 15 is 0 Å². The van der Waals surface area contributed by atoms with E-state index < -0.39 is 0 Å². The Kier molecular flexibility index (Phi) is 6.12. The highest BCUT2D eigenvalue weighted by atomic mass is 16.2. The fourth-order valence-corrected chi connectivity index (χ4v) is 2.89. The molecule has 5 heteroatoms. The van der Waals surface area contributed by atoms with Crippen LogP contribution in [-0.4, -0.2) is 23.9 Å². The minimum absolute atomic E-state index is 0.0880. The molecule has 2 aromatic carbocycles. The van der Waals surface area contributed by atoms with Crippen LogP contribution in [0.3, 0.4) is 0 Å². The SMILES string of the molecule is CCc1ccc(CN(C)C(=O)NCc2cccc(NC(=O)C3CC3)c2)cc1. The van der Waals surface area contributed by atoms with Crippen molar-refractivity contribution in [3.63, 3.8) is 0 Å². The van der Waals surface area contributed by atoms with E-state index in [-0.39, 0.29) is 17.9 Å². The molecular weight excluding hydrogens is 338 g/mol. The molecular formula is C22H27N3O2. The zero-order valence-corrected chi connectivity index (χ0v) is 16.0. The molecule has 3 rings (SSSR count). The van der Waals surface area contributed by atoms with Gasteiger partial charge in [0.05, 0.1) is 0 Å². The summed E-state index contributed by atoms with van der Waals surface area (Å²) in [5.74, 6) is 0.262. The lowest BCUT2D eigenvalue weighted by Gasteiger charge is -2.18. The van der Waals surface area contributed by atoms with E-state index in [0.29, 0.717) is 13.1 Å². The number of nitrogens with one attached hydrogen (secondary N) is 2. The van der Waals surface area contributed by atoms with Crippen LogP contribution >= 0.6 is 0 Å². The Bertz CT molecular complexity index is 797. The Morgan fingerprint density at radius 2 is 1.74 bits per heavy atom. The second-order valence-corrected chi connectivity index (χ2v) is 7.15. The van der Waals surface area contributed by atoms with Crippen molar-refractivity contribution in [3.8, 4) is 0 Å². The van der Waals surface area contributed by atoms with Gasteiger partial charge in [-0.2, -0.15) is 0 Å². The molecule has 142 valence electrons. The average Bonchev–Trinajstić information content (AvgIpc) is 3.52. The quantitative estimate of drug-likeness (QED) is 0.781. The maximum atomic E-state index is 12.3. The standard InChI is InChI=1S/C22H27N3O2/c1-3-16-7-9-17(10-8-16)15-25(2)22(27)23-14-18-5-4-6-20(13-18)24-21(26)19-11-12-19/h4-10,13,19H,3,11-12,14-15H2,1-2H3,(H,23,27)(H,24,26). The molecule has 0 spiro atoms. The highest BCUT2D eigenvalue weighted by Crippen LogP contribution is 2.30. The molecule has 1 fully saturated rings. The maximum absolute atomic E-state index is 12.3. The van der Waals surface area contributed by atoms with E-state index in [1.54, 1.807) is 11.9 Å². The topological polar surface area (TPSA) is 61.4 Å². The first-order valence-electron chi connectivity index (χ1n) is 9.51. The van der Waals surface area contributed by atoms with Crippen LogP contribution in [0.1, 0.15) is 36.5 Å². The van der Waals surface area contributed by atoms with Crippen molar-refractivity contribution < 1.29 is 9.59 Å². The van der Waals surface area contributed by atoms with Gasteiger partial charge in [0.25, 0.3) is 0 Å². The molecule has 0 heterocycles. The van der Waals surface area contributed by atoms with Crippen LogP contribution in [0.15, 0.2) is 48.5 Å². The van der Waals surface area contributed by atoms with Crippen LogP contribution in [0.25, 0.3) is 0 Å². The van der Waals surface area contributed by atoms with Crippen LogP contribution in [0.5, 0.6) is 0 Å². The number of nitrogens with zero attached hydrogens (tertiary/aromatic N) is 1. The van der Waals surface area contributed by atoms with Gasteiger partial charge < -0.3 is 15.5 Å². The molecule has 0 atom stereocenters. The highest BCUT2D eigenvalue weighted by molar-refractivity contribution is 5.94. The Hall–Kier alpha value is -2.82. The van der Waals surface area contributed by atoms with E-state index in [9.17, 15) is 9.59 Å². The fourth-order valence-electron chi connectivity index (χ4n) is 2.89. The first-order chi connectivity index (χ1) is 13.0. The number of hydrogen-bond acceptors (Lipinski definition) is 2. The Labute approximate surface area is 160 Å². The number of rotatable bonds is 7. The molecule has 1 aliphatic carbocycles. The Morgan fingerprint density at radius 1 is 1.04 bits per heavy atom. The predicted octanol–water partition coefficient (Wildman–Crippen LogP) is 3.94. The minimum Gasteiger partial charge on any atom is -0.334 e. The van der Waals surface area contributed by atoms with Crippen molar-refractivity contribution in [1.82, 2.24) is 10.2 Å². The van der Waals surface area contributed by atoms with Gasteiger partial charge in [0.15, 0.2) is 0 Å². The van der Waals surface area contributed by atoms with Gasteiger partial charge in [-0.05, 0) is 48.1 Å². The maximum Gasteiger partial charge on any atom is 0.317 e. The third kappa shape index (κ3) is 5.58. The molecule has 0 radical (unpaired) electrons. The zero-order valence-electron chi connectivity index (χ0n) is 16.0. The van der Waals surface area contributed by atoms with Crippen LogP contribution in [0.4, 0.5) is 10.5 Å². The first kappa shape index (κ1) is 19.0. The Balaban J connectivity index is 1.49. The second kappa shape index (κ2) is 8.71. The molecule has 3 amide bonds. The average molecular weight is 365 g/mol. The van der Waals surface area contributed by atoms with Gasteiger partial charge >= 0.3 is 6.03 Å². The number of urea groups is 1. The Morgan fingerprint density at radius 3 is 2.41 bits per heavy atom. The minimum atomic E-state index is -0.123. The van der Waals surface area contributed by atoms with E-state index in [1.165, 1.54) is 5.56 Å². The molecule has 2 aromatic rings. The van der Waals surface area contributed by atoms with Crippen LogP contribution in [-0.2, 0) is 24.3 Å². The lowest BCUT2D eigenvalue weighted by molar-refractivity contribution is -0.117. The molecule has 0 unspecified atom stereocenters. The van der Waals surface area contributed by atoms with Crippen molar-refractivity contribution in [2.75, 3.05) is 12.4 Å². The monoisotopic (exact) mass is 365 g/mol. The van der Waals surface area contributed by atoms with Crippen molar-refractivity contribution in [2.24, 2.45) is 5.92 Å². The van der Waals surface area contributed by atoms with Crippen LogP contribution < -0.4 is 10.6 Å².